The van der Waals surface area contributed by atoms with E-state index in [1.165, 1.54) is 25.7 Å². The van der Waals surface area contributed by atoms with Crippen molar-refractivity contribution in [2.75, 3.05) is 0 Å². The second-order valence-electron chi connectivity index (χ2n) is 8.50. The van der Waals surface area contributed by atoms with E-state index in [-0.39, 0.29) is 18.0 Å². The Hall–Kier alpha value is -2.70. The Balaban J connectivity index is 1.60. The Morgan fingerprint density at radius 1 is 1.00 bits per heavy atom. The van der Waals surface area contributed by atoms with E-state index in [1.807, 2.05) is 12.1 Å². The molecule has 0 radical (unpaired) electrons. The van der Waals surface area contributed by atoms with Crippen molar-refractivity contribution < 1.29 is 14.4 Å². The molecular formula is C24H33N3O4. The number of aromatic nitrogens is 2. The first-order valence-corrected chi connectivity index (χ1v) is 11.5. The van der Waals surface area contributed by atoms with E-state index in [0.29, 0.717) is 12.8 Å². The zero-order chi connectivity index (χ0) is 22.2. The summed E-state index contributed by atoms with van der Waals surface area (Å²) in [5.41, 5.74) is 2.55. The highest BCUT2D eigenvalue weighted by Gasteiger charge is 2.31. The van der Waals surface area contributed by atoms with Crippen LogP contribution in [0.4, 0.5) is 0 Å². The average molecular weight is 428 g/mol. The van der Waals surface area contributed by atoms with Crippen molar-refractivity contribution in [3.8, 4) is 0 Å². The quantitative estimate of drug-likeness (QED) is 0.318. The van der Waals surface area contributed by atoms with Crippen LogP contribution in [0.3, 0.4) is 0 Å². The molecule has 7 heteroatoms. The van der Waals surface area contributed by atoms with Crippen LogP contribution < -0.4 is 11.0 Å². The molecule has 168 valence electrons. The van der Waals surface area contributed by atoms with Crippen molar-refractivity contribution in [1.82, 2.24) is 14.5 Å². The number of carbonyl (C=O) groups excluding carboxylic acids is 3. The molecule has 1 aromatic carbocycles. The molecule has 1 aromatic heterocycles. The largest absolute Gasteiger partial charge is 0.329 e. The number of unbranched alkanes of at least 4 members (excludes halogenated alkanes) is 8. The van der Waals surface area contributed by atoms with Gasteiger partial charge >= 0.3 is 5.69 Å². The summed E-state index contributed by atoms with van der Waals surface area (Å²) < 4.78 is 3.18. The molecule has 1 aliphatic heterocycles. The number of hydrogen-bond acceptors (Lipinski definition) is 4. The highest BCUT2D eigenvalue weighted by Crippen LogP contribution is 2.26. The zero-order valence-corrected chi connectivity index (χ0v) is 18.4. The molecule has 1 saturated heterocycles. The van der Waals surface area contributed by atoms with Crippen molar-refractivity contribution in [3.63, 3.8) is 0 Å². The lowest BCUT2D eigenvalue weighted by atomic mass is 10.0. The van der Waals surface area contributed by atoms with Crippen molar-refractivity contribution >= 4 is 29.1 Å². The van der Waals surface area contributed by atoms with Crippen molar-refractivity contribution in [2.24, 2.45) is 7.05 Å². The van der Waals surface area contributed by atoms with E-state index in [4.69, 9.17) is 0 Å². The van der Waals surface area contributed by atoms with E-state index in [2.05, 4.69) is 11.4 Å². The average Bonchev–Trinajstić information content (AvgIpc) is 3.01. The number of nitrogens with zero attached hydrogens (tertiary/aromatic N) is 2. The lowest BCUT2D eigenvalue weighted by Gasteiger charge is -2.21. The molecule has 2 heterocycles. The molecule has 0 bridgehead atoms. The van der Waals surface area contributed by atoms with Gasteiger partial charge in [0.1, 0.15) is 12.3 Å². The summed E-state index contributed by atoms with van der Waals surface area (Å²) in [6.45, 7) is 0. The predicted molar refractivity (Wildman–Crippen MR) is 120 cm³/mol. The number of fused-ring (bicyclic) bond motifs is 1. The molecule has 2 aromatic rings. The van der Waals surface area contributed by atoms with Gasteiger partial charge in [-0.1, -0.05) is 50.7 Å². The minimum Gasteiger partial charge on any atom is -0.303 e. The molecule has 1 aliphatic rings. The van der Waals surface area contributed by atoms with Gasteiger partial charge in [0.05, 0.1) is 11.0 Å². The number of nitrogens with one attached hydrogen (secondary N) is 1. The summed E-state index contributed by atoms with van der Waals surface area (Å²) in [4.78, 5) is 47.1. The first-order valence-electron chi connectivity index (χ1n) is 11.5. The van der Waals surface area contributed by atoms with Gasteiger partial charge in [0.25, 0.3) is 0 Å². The van der Waals surface area contributed by atoms with Gasteiger partial charge in [0, 0.05) is 19.9 Å². The topological polar surface area (TPSA) is 90.2 Å². The lowest BCUT2D eigenvalue weighted by Crippen LogP contribution is -2.44. The first kappa shape index (κ1) is 23.0. The Morgan fingerprint density at radius 2 is 1.68 bits per heavy atom. The third kappa shape index (κ3) is 5.51. The van der Waals surface area contributed by atoms with E-state index in [0.717, 1.165) is 55.0 Å². The number of aldehydes is 1. The van der Waals surface area contributed by atoms with Crippen LogP contribution in [0.15, 0.2) is 23.0 Å². The van der Waals surface area contributed by atoms with Crippen LogP contribution in [-0.2, 0) is 27.9 Å². The molecule has 1 atom stereocenters. The minimum absolute atomic E-state index is 0.216. The van der Waals surface area contributed by atoms with Gasteiger partial charge in [-0.15, -0.1) is 0 Å². The molecule has 2 amide bonds. The fourth-order valence-electron chi connectivity index (χ4n) is 4.55. The van der Waals surface area contributed by atoms with Crippen LogP contribution >= 0.6 is 0 Å². The minimum atomic E-state index is -0.643. The number of piperidine rings is 1. The Kier molecular flexibility index (Phi) is 8.20. The van der Waals surface area contributed by atoms with E-state index in [9.17, 15) is 19.2 Å². The second kappa shape index (κ2) is 11.1. The fourth-order valence-corrected chi connectivity index (χ4v) is 4.55. The van der Waals surface area contributed by atoms with Gasteiger partial charge in [-0.25, -0.2) is 4.79 Å². The smallest absolute Gasteiger partial charge is 0.303 e. The summed E-state index contributed by atoms with van der Waals surface area (Å²) in [7, 11) is 1.75. The Bertz CT molecular complexity index is 989. The number of para-hydroxylation sites is 1. The molecule has 3 rings (SSSR count). The molecule has 1 unspecified atom stereocenters. The lowest BCUT2D eigenvalue weighted by molar-refractivity contribution is -0.135. The number of rotatable bonds is 12. The molecule has 0 spiro atoms. The number of benzene rings is 1. The number of carbonyl (C=O) groups is 3. The molecular weight excluding hydrogens is 394 g/mol. The number of amides is 2. The number of imidazole rings is 1. The fraction of sp³-hybridized carbons (Fsp3) is 0.583. The first-order chi connectivity index (χ1) is 15.0. The Labute approximate surface area is 182 Å². The van der Waals surface area contributed by atoms with Gasteiger partial charge in [-0.3, -0.25) is 24.0 Å². The van der Waals surface area contributed by atoms with E-state index < -0.39 is 11.9 Å². The standard InChI is InChI=1S/C24H33N3O4/c1-26-22-18(12-9-7-5-3-2-4-6-8-10-17-28)13-11-14-19(22)27(24(26)31)20-15-16-21(29)25-23(20)30/h11,13-14,17,20H,2-10,12,15-16H2,1H3,(H,25,29,30). The summed E-state index contributed by atoms with van der Waals surface area (Å²) in [6, 6.07) is 5.24. The molecule has 0 saturated carbocycles. The van der Waals surface area contributed by atoms with Gasteiger partial charge in [-0.2, -0.15) is 0 Å². The van der Waals surface area contributed by atoms with E-state index in [1.54, 1.807) is 16.2 Å². The Morgan fingerprint density at radius 3 is 2.35 bits per heavy atom. The van der Waals surface area contributed by atoms with Crippen molar-refractivity contribution in [3.05, 3.63) is 34.2 Å². The van der Waals surface area contributed by atoms with Crippen LogP contribution in [0, 0.1) is 0 Å². The molecule has 0 aliphatic carbocycles. The molecule has 1 fully saturated rings. The van der Waals surface area contributed by atoms with Crippen LogP contribution in [0.1, 0.15) is 82.2 Å². The highest BCUT2D eigenvalue weighted by atomic mass is 16.2. The van der Waals surface area contributed by atoms with Gasteiger partial charge < -0.3 is 4.79 Å². The maximum Gasteiger partial charge on any atom is 0.329 e. The highest BCUT2D eigenvalue weighted by molar-refractivity contribution is 6.00. The maximum absolute atomic E-state index is 13.0. The molecule has 7 nitrogen and oxygen atoms in total. The summed E-state index contributed by atoms with van der Waals surface area (Å²) in [5.74, 6) is -0.682. The summed E-state index contributed by atoms with van der Waals surface area (Å²) >= 11 is 0. The predicted octanol–water partition coefficient (Wildman–Crippen LogP) is 3.57. The normalized spacial score (nSPS) is 16.6. The number of hydrogen-bond donors (Lipinski definition) is 1. The van der Waals surface area contributed by atoms with Crippen LogP contribution in [-0.4, -0.2) is 27.2 Å². The second-order valence-corrected chi connectivity index (χ2v) is 8.50. The summed E-state index contributed by atoms with van der Waals surface area (Å²) in [6.07, 6.45) is 12.3. The zero-order valence-electron chi connectivity index (χ0n) is 18.4. The third-order valence-corrected chi connectivity index (χ3v) is 6.23. The maximum atomic E-state index is 13.0. The van der Waals surface area contributed by atoms with Crippen LogP contribution in [0.2, 0.25) is 0 Å². The number of aryl methyl sites for hydroxylation is 2. The SMILES string of the molecule is Cn1c(=O)n(C2CCC(=O)NC2=O)c2cccc(CCCCCCCCCCC=O)c21. The van der Waals surface area contributed by atoms with Gasteiger partial charge in [0.2, 0.25) is 11.8 Å². The van der Waals surface area contributed by atoms with Crippen LogP contribution in [0.25, 0.3) is 11.0 Å². The van der Waals surface area contributed by atoms with E-state index >= 15 is 0 Å². The monoisotopic (exact) mass is 427 g/mol. The van der Waals surface area contributed by atoms with Crippen molar-refractivity contribution in [2.45, 2.75) is 83.1 Å². The van der Waals surface area contributed by atoms with Gasteiger partial charge in [-0.05, 0) is 37.3 Å². The summed E-state index contributed by atoms with van der Waals surface area (Å²) in [5, 5.41) is 2.35. The van der Waals surface area contributed by atoms with Gasteiger partial charge in [0.15, 0.2) is 0 Å². The third-order valence-electron chi connectivity index (χ3n) is 6.23. The molecule has 31 heavy (non-hydrogen) atoms. The van der Waals surface area contributed by atoms with Crippen LogP contribution in [0.5, 0.6) is 0 Å². The molecule has 1 N–H and O–H groups in total. The van der Waals surface area contributed by atoms with Crippen molar-refractivity contribution in [1.29, 1.82) is 0 Å². The number of imide groups is 1.